The van der Waals surface area contributed by atoms with Crippen molar-refractivity contribution in [3.63, 3.8) is 0 Å². The molecule has 24 heavy (non-hydrogen) atoms. The number of allylic oxidation sites excluding steroid dienone is 1. The molecule has 0 spiro atoms. The maximum Gasteiger partial charge on any atom is 0.416 e. The molecule has 7 heteroatoms. The number of Topliss-reactive ketones (excluding diaryl/α,β-unsaturated/α-hetero) is 1. The van der Waals surface area contributed by atoms with E-state index in [1.807, 2.05) is 6.07 Å². The van der Waals surface area contributed by atoms with Crippen LogP contribution in [0.2, 0.25) is 5.02 Å². The van der Waals surface area contributed by atoms with Crippen molar-refractivity contribution in [3.05, 3.63) is 75.3 Å². The van der Waals surface area contributed by atoms with Crippen LogP contribution in [0.3, 0.4) is 0 Å². The number of benzene rings is 2. The van der Waals surface area contributed by atoms with Gasteiger partial charge in [-0.05, 0) is 29.3 Å². The molecule has 2 aromatic carbocycles. The number of halogens is 4. The van der Waals surface area contributed by atoms with Crippen molar-refractivity contribution in [2.45, 2.75) is 11.4 Å². The molecule has 0 aliphatic carbocycles. The van der Waals surface area contributed by atoms with Crippen LogP contribution in [0.1, 0.15) is 21.9 Å². The van der Waals surface area contributed by atoms with Gasteiger partial charge in [-0.2, -0.15) is 13.2 Å². The first-order chi connectivity index (χ1) is 11.3. The van der Waals surface area contributed by atoms with Crippen molar-refractivity contribution < 1.29 is 18.0 Å². The average Bonchev–Trinajstić information content (AvgIpc) is 2.81. The van der Waals surface area contributed by atoms with Crippen LogP contribution >= 0.6 is 23.4 Å². The number of carbonyl (C=O) groups excluding carboxylic acids is 1. The van der Waals surface area contributed by atoms with E-state index in [0.29, 0.717) is 0 Å². The Morgan fingerprint density at radius 3 is 2.38 bits per heavy atom. The molecular weight excluding hydrogens is 359 g/mol. The van der Waals surface area contributed by atoms with E-state index >= 15 is 0 Å². The number of hydrogen-bond acceptors (Lipinski definition) is 3. The Bertz CT molecular complexity index is 833. The van der Waals surface area contributed by atoms with Gasteiger partial charge in [-0.25, -0.2) is 0 Å². The highest BCUT2D eigenvalue weighted by atomic mass is 35.5. The number of carbonyl (C=O) groups is 1. The van der Waals surface area contributed by atoms with E-state index in [9.17, 15) is 18.0 Å². The number of nitrogens with two attached hydrogens (primary N) is 1. The second kappa shape index (κ2) is 6.18. The Labute approximate surface area is 145 Å². The molecule has 1 aliphatic rings. The summed E-state index contributed by atoms with van der Waals surface area (Å²) in [4.78, 5) is 12.7. The summed E-state index contributed by atoms with van der Waals surface area (Å²) in [5.41, 5.74) is 5.95. The molecule has 2 N–H and O–H groups in total. The number of rotatable bonds is 2. The zero-order chi connectivity index (χ0) is 17.5. The molecule has 1 atom stereocenters. The van der Waals surface area contributed by atoms with E-state index in [1.165, 1.54) is 6.07 Å². The fourth-order valence-corrected chi connectivity index (χ4v) is 3.86. The van der Waals surface area contributed by atoms with Gasteiger partial charge >= 0.3 is 6.18 Å². The molecule has 2 aromatic rings. The number of thioether (sulfide) groups is 1. The molecule has 0 amide bonds. The predicted octanol–water partition coefficient (Wildman–Crippen LogP) is 5.04. The highest BCUT2D eigenvalue weighted by Gasteiger charge is 2.37. The second-order valence-corrected chi connectivity index (χ2v) is 6.82. The summed E-state index contributed by atoms with van der Waals surface area (Å²) in [5, 5.41) is -0.458. The van der Waals surface area contributed by atoms with Gasteiger partial charge in [0.05, 0.1) is 21.4 Å². The average molecular weight is 370 g/mol. The van der Waals surface area contributed by atoms with Crippen LogP contribution in [0, 0.1) is 0 Å². The van der Waals surface area contributed by atoms with Crippen molar-refractivity contribution in [2.24, 2.45) is 5.73 Å². The lowest BCUT2D eigenvalue weighted by atomic mass is 9.96. The summed E-state index contributed by atoms with van der Waals surface area (Å²) in [6, 6.07) is 12.0. The third-order valence-electron chi connectivity index (χ3n) is 3.59. The second-order valence-electron chi connectivity index (χ2n) is 5.24. The van der Waals surface area contributed by atoms with Crippen molar-refractivity contribution in [1.82, 2.24) is 0 Å². The Kier molecular flexibility index (Phi) is 4.36. The molecule has 0 bridgehead atoms. The van der Waals surface area contributed by atoms with Gasteiger partial charge in [0, 0.05) is 5.02 Å². The van der Waals surface area contributed by atoms with Crippen molar-refractivity contribution in [2.75, 3.05) is 0 Å². The smallest absolute Gasteiger partial charge is 0.393 e. The normalized spacial score (nSPS) is 18.3. The zero-order valence-corrected chi connectivity index (χ0v) is 13.7. The fraction of sp³-hybridized carbons (Fsp3) is 0.118. The zero-order valence-electron chi connectivity index (χ0n) is 12.1. The minimum absolute atomic E-state index is 0.0850. The molecule has 1 aliphatic heterocycles. The minimum Gasteiger partial charge on any atom is -0.393 e. The van der Waals surface area contributed by atoms with Crippen molar-refractivity contribution >= 4 is 34.7 Å². The van der Waals surface area contributed by atoms with E-state index in [4.69, 9.17) is 17.3 Å². The van der Waals surface area contributed by atoms with E-state index in [0.717, 1.165) is 29.5 Å². The molecule has 0 fully saturated rings. The predicted molar refractivity (Wildman–Crippen MR) is 89.3 cm³/mol. The number of alkyl halides is 3. The number of hydrogen-bond donors (Lipinski definition) is 1. The van der Waals surface area contributed by atoms with Gasteiger partial charge in [0.1, 0.15) is 0 Å². The van der Waals surface area contributed by atoms with Crippen LogP contribution in [0.4, 0.5) is 13.2 Å². The largest absolute Gasteiger partial charge is 0.416 e. The Hall–Kier alpha value is -1.92. The van der Waals surface area contributed by atoms with Gasteiger partial charge in [-0.1, -0.05) is 53.7 Å². The van der Waals surface area contributed by atoms with Gasteiger partial charge in [-0.3, -0.25) is 4.79 Å². The first-order valence-electron chi connectivity index (χ1n) is 6.91. The lowest BCUT2D eigenvalue weighted by Gasteiger charge is -2.11. The van der Waals surface area contributed by atoms with Gasteiger partial charge in [0.25, 0.3) is 0 Å². The lowest BCUT2D eigenvalue weighted by molar-refractivity contribution is -0.137. The maximum atomic E-state index is 13.0. The van der Waals surface area contributed by atoms with Gasteiger partial charge in [0.15, 0.2) is 5.78 Å². The van der Waals surface area contributed by atoms with Gasteiger partial charge in [-0.15, -0.1) is 0 Å². The third kappa shape index (κ3) is 3.16. The topological polar surface area (TPSA) is 43.1 Å². The maximum absolute atomic E-state index is 13.0. The van der Waals surface area contributed by atoms with Crippen LogP contribution in [0.15, 0.2) is 53.6 Å². The standard InChI is InChI=1S/C17H11ClF3NOS/c18-12-7-10(6-11(8-12)17(19,20)21)13-14(23)15(24-16(13)22)9-4-2-1-3-5-9/h1-8,15H,22H2. The first kappa shape index (κ1) is 16.9. The third-order valence-corrected chi connectivity index (χ3v) is 4.99. The van der Waals surface area contributed by atoms with Crippen LogP contribution < -0.4 is 5.73 Å². The summed E-state index contributed by atoms with van der Waals surface area (Å²) in [5.74, 6) is -0.320. The summed E-state index contributed by atoms with van der Waals surface area (Å²) in [6.45, 7) is 0. The molecule has 0 aromatic heterocycles. The molecule has 0 saturated carbocycles. The van der Waals surface area contributed by atoms with Crippen molar-refractivity contribution in [1.29, 1.82) is 0 Å². The fourth-order valence-electron chi connectivity index (χ4n) is 2.52. The quantitative estimate of drug-likeness (QED) is 0.806. The number of ketones is 1. The van der Waals surface area contributed by atoms with Crippen LogP contribution in [-0.4, -0.2) is 5.78 Å². The Morgan fingerprint density at radius 1 is 1.08 bits per heavy atom. The first-order valence-corrected chi connectivity index (χ1v) is 8.17. The molecule has 0 radical (unpaired) electrons. The minimum atomic E-state index is -4.55. The Balaban J connectivity index is 2.02. The monoisotopic (exact) mass is 369 g/mol. The van der Waals surface area contributed by atoms with Crippen LogP contribution in [0.5, 0.6) is 0 Å². The summed E-state index contributed by atoms with van der Waals surface area (Å²) in [6.07, 6.45) is -4.55. The van der Waals surface area contributed by atoms with E-state index < -0.39 is 17.0 Å². The van der Waals surface area contributed by atoms with E-state index in [1.54, 1.807) is 24.3 Å². The molecule has 0 saturated heterocycles. The molecule has 3 rings (SSSR count). The van der Waals surface area contributed by atoms with E-state index in [-0.39, 0.29) is 27.0 Å². The SMILES string of the molecule is NC1=C(c2cc(Cl)cc(C(F)(F)F)c2)C(=O)C(c2ccccc2)S1. The van der Waals surface area contributed by atoms with Gasteiger partial charge < -0.3 is 5.73 Å². The summed E-state index contributed by atoms with van der Waals surface area (Å²) >= 11 is 6.93. The van der Waals surface area contributed by atoms with Crippen LogP contribution in [0.25, 0.3) is 5.57 Å². The lowest BCUT2D eigenvalue weighted by Crippen LogP contribution is -2.09. The molecule has 124 valence electrons. The molecule has 1 heterocycles. The highest BCUT2D eigenvalue weighted by Crippen LogP contribution is 2.47. The van der Waals surface area contributed by atoms with Crippen molar-refractivity contribution in [3.8, 4) is 0 Å². The molecule has 1 unspecified atom stereocenters. The van der Waals surface area contributed by atoms with E-state index in [2.05, 4.69) is 0 Å². The Morgan fingerprint density at radius 2 is 1.75 bits per heavy atom. The van der Waals surface area contributed by atoms with Crippen LogP contribution in [-0.2, 0) is 11.0 Å². The molecular formula is C17H11ClF3NOS. The van der Waals surface area contributed by atoms with Gasteiger partial charge in [0.2, 0.25) is 0 Å². The summed E-state index contributed by atoms with van der Waals surface area (Å²) in [7, 11) is 0. The molecule has 2 nitrogen and oxygen atoms in total. The highest BCUT2D eigenvalue weighted by molar-refractivity contribution is 8.04. The summed E-state index contributed by atoms with van der Waals surface area (Å²) < 4.78 is 38.9.